The molecular weight excluding hydrogens is 416 g/mol. The minimum absolute atomic E-state index is 0.349. The second-order valence-electron chi connectivity index (χ2n) is 11.2. The first-order valence-electron chi connectivity index (χ1n) is 13.6. The first-order valence-corrected chi connectivity index (χ1v) is 13.6. The van der Waals surface area contributed by atoms with Crippen LogP contribution in [-0.2, 0) is 5.41 Å². The molecule has 2 aliphatic heterocycles. The maximum Gasteiger partial charge on any atom is 0.106 e. The molecule has 1 aromatic heterocycles. The summed E-state index contributed by atoms with van der Waals surface area (Å²) >= 11 is 0. The van der Waals surface area contributed by atoms with Crippen LogP contribution in [0.15, 0.2) is 54.6 Å². The van der Waals surface area contributed by atoms with Crippen molar-refractivity contribution in [3.8, 4) is 0 Å². The van der Waals surface area contributed by atoms with Crippen LogP contribution in [0, 0.1) is 6.92 Å². The number of aromatic nitrogens is 2. The molecule has 0 spiro atoms. The summed E-state index contributed by atoms with van der Waals surface area (Å²) in [5.74, 6) is 1.18. The Bertz CT molecular complexity index is 1100. The van der Waals surface area contributed by atoms with Crippen molar-refractivity contribution < 1.29 is 0 Å². The number of nitrogens with zero attached hydrogens (tertiary/aromatic N) is 3. The molecule has 3 heterocycles. The lowest BCUT2D eigenvalue weighted by molar-refractivity contribution is 0.0903. The van der Waals surface area contributed by atoms with Crippen LogP contribution in [0.3, 0.4) is 0 Å². The number of hydrogen-bond acceptors (Lipinski definition) is 3. The van der Waals surface area contributed by atoms with Crippen molar-refractivity contribution in [3.63, 3.8) is 0 Å². The molecule has 3 aliphatic rings. The lowest BCUT2D eigenvalue weighted by Crippen LogP contribution is -2.46. The van der Waals surface area contributed by atoms with E-state index in [4.69, 9.17) is 4.98 Å². The number of para-hydroxylation sites is 2. The number of piperidine rings is 1. The van der Waals surface area contributed by atoms with Gasteiger partial charge in [-0.25, -0.2) is 4.98 Å². The molecule has 6 rings (SSSR count). The zero-order valence-electron chi connectivity index (χ0n) is 20.9. The standard InChI is InChI=1S/C30H40N4/c1-22-32-28-10-6-7-11-29(28)34(22)27-20-25-12-13-26(21-27)33(25)19-18-30(23-8-4-3-5-9-23)16-14-24(31-2)15-17-30/h3-11,24-27,31H,12-21H2,1-2H3. The fourth-order valence-electron chi connectivity index (χ4n) is 7.72. The van der Waals surface area contributed by atoms with Gasteiger partial charge in [0.2, 0.25) is 0 Å². The quantitative estimate of drug-likeness (QED) is 0.494. The third-order valence-corrected chi connectivity index (χ3v) is 9.58. The Labute approximate surface area is 204 Å². The van der Waals surface area contributed by atoms with Gasteiger partial charge in [-0.15, -0.1) is 0 Å². The van der Waals surface area contributed by atoms with Crippen molar-refractivity contribution >= 4 is 11.0 Å². The van der Waals surface area contributed by atoms with E-state index in [1.807, 2.05) is 0 Å². The Kier molecular flexibility index (Phi) is 5.99. The molecule has 180 valence electrons. The molecule has 0 radical (unpaired) electrons. The van der Waals surface area contributed by atoms with Gasteiger partial charge in [0.05, 0.1) is 11.0 Å². The molecular formula is C30H40N4. The number of rotatable bonds is 6. The van der Waals surface area contributed by atoms with E-state index >= 15 is 0 Å². The van der Waals surface area contributed by atoms with Crippen LogP contribution in [0.1, 0.15) is 75.2 Å². The highest BCUT2D eigenvalue weighted by atomic mass is 15.2. The monoisotopic (exact) mass is 456 g/mol. The summed E-state index contributed by atoms with van der Waals surface area (Å²) in [4.78, 5) is 7.79. The molecule has 2 aromatic carbocycles. The fraction of sp³-hybridized carbons (Fsp3) is 0.567. The molecule has 1 aliphatic carbocycles. The van der Waals surface area contributed by atoms with Gasteiger partial charge in [-0.1, -0.05) is 42.5 Å². The molecule has 1 saturated carbocycles. The predicted octanol–water partition coefficient (Wildman–Crippen LogP) is 6.00. The summed E-state index contributed by atoms with van der Waals surface area (Å²) in [6.07, 6.45) is 11.8. The van der Waals surface area contributed by atoms with E-state index in [1.54, 1.807) is 5.56 Å². The lowest BCUT2D eigenvalue weighted by atomic mass is 9.66. The Morgan fingerprint density at radius 1 is 0.882 bits per heavy atom. The SMILES string of the molecule is CNC1CCC(CCN2C3CCC2CC(n2c(C)nc4ccccc42)C3)(c2ccccc2)CC1. The van der Waals surface area contributed by atoms with Gasteiger partial charge in [0.15, 0.2) is 0 Å². The van der Waals surface area contributed by atoms with Crippen LogP contribution in [0.5, 0.6) is 0 Å². The predicted molar refractivity (Wildman–Crippen MR) is 140 cm³/mol. The topological polar surface area (TPSA) is 33.1 Å². The minimum Gasteiger partial charge on any atom is -0.325 e. The van der Waals surface area contributed by atoms with Crippen molar-refractivity contribution in [1.29, 1.82) is 0 Å². The summed E-state index contributed by atoms with van der Waals surface area (Å²) in [7, 11) is 2.13. The molecule has 1 N–H and O–H groups in total. The van der Waals surface area contributed by atoms with E-state index in [0.717, 1.165) is 17.6 Å². The summed E-state index contributed by atoms with van der Waals surface area (Å²) < 4.78 is 2.56. The molecule has 2 saturated heterocycles. The van der Waals surface area contributed by atoms with Crippen molar-refractivity contribution in [2.24, 2.45) is 0 Å². The second kappa shape index (κ2) is 9.13. The molecule has 0 amide bonds. The summed E-state index contributed by atoms with van der Waals surface area (Å²) in [5, 5.41) is 3.54. The van der Waals surface area contributed by atoms with Crippen LogP contribution in [-0.4, -0.2) is 46.2 Å². The number of nitrogens with one attached hydrogen (secondary N) is 1. The third kappa shape index (κ3) is 3.89. The molecule has 2 atom stereocenters. The van der Waals surface area contributed by atoms with Crippen LogP contribution in [0.2, 0.25) is 0 Å². The minimum atomic E-state index is 0.349. The van der Waals surface area contributed by atoms with Crippen LogP contribution < -0.4 is 5.32 Å². The smallest absolute Gasteiger partial charge is 0.106 e. The van der Waals surface area contributed by atoms with Crippen molar-refractivity contribution in [3.05, 3.63) is 66.0 Å². The van der Waals surface area contributed by atoms with Crippen LogP contribution in [0.4, 0.5) is 0 Å². The second-order valence-corrected chi connectivity index (χ2v) is 11.2. The van der Waals surface area contributed by atoms with E-state index in [-0.39, 0.29) is 0 Å². The zero-order valence-corrected chi connectivity index (χ0v) is 20.9. The lowest BCUT2D eigenvalue weighted by Gasteiger charge is -2.45. The van der Waals surface area contributed by atoms with Crippen molar-refractivity contribution in [2.75, 3.05) is 13.6 Å². The van der Waals surface area contributed by atoms with Crippen molar-refractivity contribution in [2.45, 2.75) is 94.3 Å². The molecule has 3 fully saturated rings. The molecule has 4 nitrogen and oxygen atoms in total. The van der Waals surface area contributed by atoms with Gasteiger partial charge in [0.25, 0.3) is 0 Å². The normalized spacial score (nSPS) is 31.8. The highest BCUT2D eigenvalue weighted by Crippen LogP contribution is 2.46. The van der Waals surface area contributed by atoms with Gasteiger partial charge in [-0.3, -0.25) is 4.90 Å². The summed E-state index contributed by atoms with van der Waals surface area (Å²) in [5.41, 5.74) is 4.40. The van der Waals surface area contributed by atoms with Gasteiger partial charge in [-0.2, -0.15) is 0 Å². The highest BCUT2D eigenvalue weighted by Gasteiger charge is 2.43. The van der Waals surface area contributed by atoms with Gasteiger partial charge in [0.1, 0.15) is 5.82 Å². The van der Waals surface area contributed by atoms with Gasteiger partial charge < -0.3 is 9.88 Å². The summed E-state index contributed by atoms with van der Waals surface area (Å²) in [6.45, 7) is 3.45. The number of benzene rings is 2. The first kappa shape index (κ1) is 22.3. The maximum atomic E-state index is 4.88. The molecule has 2 unspecified atom stereocenters. The van der Waals surface area contributed by atoms with Gasteiger partial charge in [0, 0.05) is 24.2 Å². The average Bonchev–Trinajstić information content (AvgIpc) is 3.34. The van der Waals surface area contributed by atoms with E-state index in [1.165, 1.54) is 75.7 Å². The molecule has 2 bridgehead atoms. The Morgan fingerprint density at radius 2 is 1.56 bits per heavy atom. The Balaban J connectivity index is 1.19. The van der Waals surface area contributed by atoms with E-state index in [9.17, 15) is 0 Å². The zero-order chi connectivity index (χ0) is 23.1. The average molecular weight is 457 g/mol. The van der Waals surface area contributed by atoms with Gasteiger partial charge >= 0.3 is 0 Å². The fourth-order valence-corrected chi connectivity index (χ4v) is 7.72. The molecule has 3 aromatic rings. The largest absolute Gasteiger partial charge is 0.325 e. The van der Waals surface area contributed by atoms with Gasteiger partial charge in [-0.05, 0) is 101 Å². The van der Waals surface area contributed by atoms with Crippen LogP contribution in [0.25, 0.3) is 11.0 Å². The first-order chi connectivity index (χ1) is 16.7. The van der Waals surface area contributed by atoms with Crippen molar-refractivity contribution in [1.82, 2.24) is 19.8 Å². The number of hydrogen-bond donors (Lipinski definition) is 1. The van der Waals surface area contributed by atoms with E-state index in [2.05, 4.69) is 83.4 Å². The highest BCUT2D eigenvalue weighted by molar-refractivity contribution is 5.76. The van der Waals surface area contributed by atoms with E-state index in [0.29, 0.717) is 17.5 Å². The Hall–Kier alpha value is -2.17. The number of fused-ring (bicyclic) bond motifs is 3. The maximum absolute atomic E-state index is 4.88. The van der Waals surface area contributed by atoms with E-state index < -0.39 is 0 Å². The number of aryl methyl sites for hydroxylation is 1. The molecule has 4 heteroatoms. The number of imidazole rings is 1. The summed E-state index contributed by atoms with van der Waals surface area (Å²) in [6, 6.07) is 22.9. The van der Waals surface area contributed by atoms with Crippen LogP contribution >= 0.6 is 0 Å². The molecule has 34 heavy (non-hydrogen) atoms. The Morgan fingerprint density at radius 3 is 2.26 bits per heavy atom. The third-order valence-electron chi connectivity index (χ3n) is 9.58.